The first kappa shape index (κ1) is 17.6. The van der Waals surface area contributed by atoms with Crippen LogP contribution in [0.2, 0.25) is 0 Å². The van der Waals surface area contributed by atoms with E-state index >= 15 is 0 Å². The summed E-state index contributed by atoms with van der Waals surface area (Å²) in [5, 5.41) is 3.82. The van der Waals surface area contributed by atoms with Gasteiger partial charge in [0.25, 0.3) is 0 Å². The summed E-state index contributed by atoms with van der Waals surface area (Å²) in [6.07, 6.45) is 1.63. The Morgan fingerprint density at radius 2 is 2.00 bits per heavy atom. The van der Waals surface area contributed by atoms with Crippen LogP contribution in [0, 0.1) is 18.7 Å². The molecule has 2 aliphatic rings. The number of piperidine rings is 1. The second-order valence-electron chi connectivity index (χ2n) is 7.14. The normalized spacial score (nSPS) is 21.1. The Hall–Kier alpha value is -2.77. The number of halogens is 1. The molecule has 2 fully saturated rings. The molecule has 0 radical (unpaired) electrons. The number of carbonyl (C=O) groups excluding carboxylic acids is 2. The van der Waals surface area contributed by atoms with E-state index in [4.69, 9.17) is 4.52 Å². The van der Waals surface area contributed by atoms with Gasteiger partial charge in [-0.15, -0.1) is 0 Å². The lowest BCUT2D eigenvalue weighted by Crippen LogP contribution is -2.42. The minimum Gasteiger partial charge on any atom is -0.342 e. The van der Waals surface area contributed by atoms with Gasteiger partial charge in [-0.1, -0.05) is 17.3 Å². The Balaban J connectivity index is 1.38. The number of anilines is 1. The van der Waals surface area contributed by atoms with Crippen molar-refractivity contribution in [3.05, 3.63) is 41.8 Å². The largest absolute Gasteiger partial charge is 0.342 e. The smallest absolute Gasteiger partial charge is 0.229 e. The molecule has 142 valence electrons. The average Bonchev–Trinajstić information content (AvgIpc) is 3.28. The first-order chi connectivity index (χ1) is 13.0. The van der Waals surface area contributed by atoms with Gasteiger partial charge in [-0.25, -0.2) is 4.39 Å². The predicted octanol–water partition coefficient (Wildman–Crippen LogP) is 2.28. The maximum atomic E-state index is 14.0. The van der Waals surface area contributed by atoms with Gasteiger partial charge >= 0.3 is 0 Å². The van der Waals surface area contributed by atoms with Gasteiger partial charge in [-0.3, -0.25) is 9.59 Å². The van der Waals surface area contributed by atoms with Gasteiger partial charge in [0.2, 0.25) is 17.7 Å². The number of carbonyl (C=O) groups is 2. The Labute approximate surface area is 156 Å². The monoisotopic (exact) mass is 372 g/mol. The lowest BCUT2D eigenvalue weighted by Gasteiger charge is -2.32. The zero-order chi connectivity index (χ0) is 19.0. The van der Waals surface area contributed by atoms with Crippen molar-refractivity contribution in [1.29, 1.82) is 0 Å². The van der Waals surface area contributed by atoms with E-state index in [0.29, 0.717) is 24.8 Å². The van der Waals surface area contributed by atoms with E-state index in [2.05, 4.69) is 10.1 Å². The Morgan fingerprint density at radius 1 is 1.26 bits per heavy atom. The second-order valence-corrected chi connectivity index (χ2v) is 7.14. The third-order valence-corrected chi connectivity index (χ3v) is 5.32. The molecule has 4 rings (SSSR count). The van der Waals surface area contributed by atoms with Crippen molar-refractivity contribution in [3.8, 4) is 0 Å². The summed E-state index contributed by atoms with van der Waals surface area (Å²) in [7, 11) is 0. The molecular formula is C19H21FN4O3. The SMILES string of the molecule is Cc1noc(C2CCN(C(=O)C3CC(=O)N(c4ccccc4F)C3)CC2)n1. The molecule has 2 saturated heterocycles. The molecule has 1 unspecified atom stereocenters. The first-order valence-electron chi connectivity index (χ1n) is 9.17. The maximum Gasteiger partial charge on any atom is 0.229 e. The van der Waals surface area contributed by atoms with Gasteiger partial charge in [0.15, 0.2) is 5.82 Å². The van der Waals surface area contributed by atoms with Crippen molar-refractivity contribution in [2.45, 2.75) is 32.1 Å². The Morgan fingerprint density at radius 3 is 2.67 bits per heavy atom. The molecule has 8 heteroatoms. The van der Waals surface area contributed by atoms with Crippen LogP contribution in [0.1, 0.15) is 36.9 Å². The van der Waals surface area contributed by atoms with Crippen molar-refractivity contribution in [2.75, 3.05) is 24.5 Å². The van der Waals surface area contributed by atoms with Gasteiger partial charge in [-0.05, 0) is 31.9 Å². The van der Waals surface area contributed by atoms with Crippen molar-refractivity contribution in [1.82, 2.24) is 15.0 Å². The van der Waals surface area contributed by atoms with Crippen LogP contribution < -0.4 is 4.90 Å². The number of para-hydroxylation sites is 1. The molecule has 3 heterocycles. The molecule has 1 aromatic carbocycles. The van der Waals surface area contributed by atoms with Gasteiger partial charge in [0, 0.05) is 32.0 Å². The molecule has 2 aliphatic heterocycles. The minimum absolute atomic E-state index is 0.0395. The average molecular weight is 372 g/mol. The Bertz CT molecular complexity index is 860. The molecule has 0 aliphatic carbocycles. The van der Waals surface area contributed by atoms with E-state index in [1.54, 1.807) is 30.0 Å². The second kappa shape index (κ2) is 7.09. The van der Waals surface area contributed by atoms with Crippen molar-refractivity contribution in [3.63, 3.8) is 0 Å². The summed E-state index contributed by atoms with van der Waals surface area (Å²) in [5.41, 5.74) is 0.239. The van der Waals surface area contributed by atoms with E-state index in [1.807, 2.05) is 0 Å². The summed E-state index contributed by atoms with van der Waals surface area (Å²) in [4.78, 5) is 32.6. The molecule has 0 N–H and O–H groups in total. The predicted molar refractivity (Wildman–Crippen MR) is 94.5 cm³/mol. The molecule has 2 amide bonds. The van der Waals surface area contributed by atoms with Crippen LogP contribution in [0.25, 0.3) is 0 Å². The molecule has 27 heavy (non-hydrogen) atoms. The number of amides is 2. The van der Waals surface area contributed by atoms with Crippen molar-refractivity contribution >= 4 is 17.5 Å². The van der Waals surface area contributed by atoms with E-state index in [9.17, 15) is 14.0 Å². The molecule has 0 bridgehead atoms. The van der Waals surface area contributed by atoms with E-state index in [0.717, 1.165) is 12.8 Å². The summed E-state index contributed by atoms with van der Waals surface area (Å²) >= 11 is 0. The number of benzene rings is 1. The van der Waals surface area contributed by atoms with Gasteiger partial charge in [0.1, 0.15) is 5.82 Å². The van der Waals surface area contributed by atoms with Crippen molar-refractivity contribution < 1.29 is 18.5 Å². The van der Waals surface area contributed by atoms with E-state index in [-0.39, 0.29) is 36.4 Å². The van der Waals surface area contributed by atoms with Gasteiger partial charge in [-0.2, -0.15) is 4.98 Å². The molecule has 1 aromatic heterocycles. The molecule has 1 atom stereocenters. The van der Waals surface area contributed by atoms with Crippen LogP contribution in [0.3, 0.4) is 0 Å². The van der Waals surface area contributed by atoms with Gasteiger partial charge < -0.3 is 14.3 Å². The van der Waals surface area contributed by atoms with Crippen LogP contribution in [0.4, 0.5) is 10.1 Å². The fourth-order valence-corrected chi connectivity index (χ4v) is 3.86. The van der Waals surface area contributed by atoms with E-state index in [1.165, 1.54) is 11.0 Å². The highest BCUT2D eigenvalue weighted by atomic mass is 19.1. The summed E-state index contributed by atoms with van der Waals surface area (Å²) in [6, 6.07) is 6.15. The highest BCUT2D eigenvalue weighted by molar-refractivity contribution is 6.00. The topological polar surface area (TPSA) is 79.5 Å². The molecule has 2 aromatic rings. The maximum absolute atomic E-state index is 14.0. The highest BCUT2D eigenvalue weighted by Crippen LogP contribution is 2.31. The zero-order valence-electron chi connectivity index (χ0n) is 15.1. The minimum atomic E-state index is -0.449. The summed E-state index contributed by atoms with van der Waals surface area (Å²) in [6.45, 7) is 3.19. The number of aryl methyl sites for hydroxylation is 1. The summed E-state index contributed by atoms with van der Waals surface area (Å²) < 4.78 is 19.2. The fourth-order valence-electron chi connectivity index (χ4n) is 3.86. The lowest BCUT2D eigenvalue weighted by molar-refractivity contribution is -0.136. The molecular weight excluding hydrogens is 351 g/mol. The molecule has 7 nitrogen and oxygen atoms in total. The highest BCUT2D eigenvalue weighted by Gasteiger charge is 2.39. The standard InChI is InChI=1S/C19H21FN4O3/c1-12-21-18(27-22-12)13-6-8-23(9-7-13)19(26)14-10-17(25)24(11-14)16-5-3-2-4-15(16)20/h2-5,13-14H,6-11H2,1H3. The first-order valence-corrected chi connectivity index (χ1v) is 9.17. The number of hydrogen-bond donors (Lipinski definition) is 0. The fraction of sp³-hybridized carbons (Fsp3) is 0.474. The summed E-state index contributed by atoms with van der Waals surface area (Å²) in [5.74, 6) is 0.267. The van der Waals surface area contributed by atoms with Crippen LogP contribution >= 0.6 is 0 Å². The Kier molecular flexibility index (Phi) is 4.63. The van der Waals surface area contributed by atoms with Crippen LogP contribution in [0.5, 0.6) is 0 Å². The third kappa shape index (κ3) is 3.43. The number of likely N-dealkylation sites (tertiary alicyclic amines) is 1. The van der Waals surface area contributed by atoms with Crippen LogP contribution in [-0.4, -0.2) is 46.5 Å². The van der Waals surface area contributed by atoms with Crippen LogP contribution in [-0.2, 0) is 9.59 Å². The lowest BCUT2D eigenvalue weighted by atomic mass is 9.95. The molecule has 0 saturated carbocycles. The number of aromatic nitrogens is 2. The number of nitrogens with zero attached hydrogens (tertiary/aromatic N) is 4. The zero-order valence-corrected chi connectivity index (χ0v) is 15.1. The number of rotatable bonds is 3. The number of hydrogen-bond acceptors (Lipinski definition) is 5. The van der Waals surface area contributed by atoms with Crippen molar-refractivity contribution in [2.24, 2.45) is 5.92 Å². The van der Waals surface area contributed by atoms with Crippen LogP contribution in [0.15, 0.2) is 28.8 Å². The van der Waals surface area contributed by atoms with E-state index < -0.39 is 11.7 Å². The quantitative estimate of drug-likeness (QED) is 0.826. The van der Waals surface area contributed by atoms with Gasteiger partial charge in [0.05, 0.1) is 11.6 Å². The third-order valence-electron chi connectivity index (χ3n) is 5.32. The molecule has 0 spiro atoms.